The van der Waals surface area contributed by atoms with E-state index in [1.807, 2.05) is 25.1 Å². The predicted molar refractivity (Wildman–Crippen MR) is 64.6 cm³/mol. The van der Waals surface area contributed by atoms with E-state index >= 15 is 0 Å². The van der Waals surface area contributed by atoms with Crippen LogP contribution in [0, 0.1) is 12.8 Å². The molecule has 0 radical (unpaired) electrons. The summed E-state index contributed by atoms with van der Waals surface area (Å²) in [6.07, 6.45) is 4.44. The first kappa shape index (κ1) is 11.5. The molecule has 1 N–H and O–H groups in total. The van der Waals surface area contributed by atoms with Gasteiger partial charge in [-0.2, -0.15) is 0 Å². The molecule has 88 valence electrons. The summed E-state index contributed by atoms with van der Waals surface area (Å²) in [5.41, 5.74) is 2.10. The first-order valence-corrected chi connectivity index (χ1v) is 6.03. The molecule has 1 aromatic carbocycles. The highest BCUT2D eigenvalue weighted by Crippen LogP contribution is 2.36. The lowest BCUT2D eigenvalue weighted by molar-refractivity contribution is 0.162. The smallest absolute Gasteiger partial charge is 0.121 e. The van der Waals surface area contributed by atoms with E-state index in [0.29, 0.717) is 0 Å². The minimum Gasteiger partial charge on any atom is -0.496 e. The largest absolute Gasteiger partial charge is 0.496 e. The summed E-state index contributed by atoms with van der Waals surface area (Å²) >= 11 is 0. The molecular formula is C14H20O2. The fourth-order valence-electron chi connectivity index (χ4n) is 2.08. The molecule has 16 heavy (non-hydrogen) atoms. The average Bonchev–Trinajstić information content (AvgIpc) is 3.09. The van der Waals surface area contributed by atoms with Gasteiger partial charge in [0.25, 0.3) is 0 Å². The van der Waals surface area contributed by atoms with Crippen LogP contribution in [0.3, 0.4) is 0 Å². The maximum Gasteiger partial charge on any atom is 0.121 e. The molecule has 1 atom stereocenters. The van der Waals surface area contributed by atoms with E-state index in [1.54, 1.807) is 7.11 Å². The first-order chi connectivity index (χ1) is 7.70. The zero-order valence-electron chi connectivity index (χ0n) is 10.1. The third-order valence-corrected chi connectivity index (χ3v) is 3.35. The molecule has 2 nitrogen and oxygen atoms in total. The van der Waals surface area contributed by atoms with Crippen molar-refractivity contribution in [3.05, 3.63) is 29.3 Å². The lowest BCUT2D eigenvalue weighted by Gasteiger charge is -2.13. The Morgan fingerprint density at radius 1 is 1.44 bits per heavy atom. The molecule has 0 bridgehead atoms. The molecule has 2 rings (SSSR count). The molecule has 2 heteroatoms. The lowest BCUT2D eigenvalue weighted by Crippen LogP contribution is -1.99. The van der Waals surface area contributed by atoms with Crippen LogP contribution in [0.15, 0.2) is 18.2 Å². The number of benzene rings is 1. The van der Waals surface area contributed by atoms with Crippen molar-refractivity contribution in [1.82, 2.24) is 0 Å². The SMILES string of the molecule is COc1ccc(C(O)CCC2CC2)cc1C. The summed E-state index contributed by atoms with van der Waals surface area (Å²) in [6, 6.07) is 5.92. The highest BCUT2D eigenvalue weighted by atomic mass is 16.5. The standard InChI is InChI=1S/C14H20O2/c1-10-9-12(6-8-14(10)16-2)13(15)7-5-11-3-4-11/h6,8-9,11,13,15H,3-5,7H2,1-2H3. The monoisotopic (exact) mass is 220 g/mol. The van der Waals surface area contributed by atoms with E-state index < -0.39 is 0 Å². The van der Waals surface area contributed by atoms with Crippen LogP contribution in [-0.4, -0.2) is 12.2 Å². The molecule has 0 aromatic heterocycles. The van der Waals surface area contributed by atoms with Crippen LogP contribution in [0.4, 0.5) is 0 Å². The molecule has 1 aliphatic carbocycles. The van der Waals surface area contributed by atoms with Crippen molar-refractivity contribution >= 4 is 0 Å². The Balaban J connectivity index is 1.98. The van der Waals surface area contributed by atoms with Crippen LogP contribution in [0.25, 0.3) is 0 Å². The number of aliphatic hydroxyl groups is 1. The van der Waals surface area contributed by atoms with Gasteiger partial charge in [0, 0.05) is 0 Å². The van der Waals surface area contributed by atoms with Crippen LogP contribution in [0.5, 0.6) is 5.75 Å². The number of aryl methyl sites for hydroxylation is 1. The molecule has 0 amide bonds. The molecule has 0 spiro atoms. The Labute approximate surface area is 97.3 Å². The zero-order valence-corrected chi connectivity index (χ0v) is 10.1. The van der Waals surface area contributed by atoms with E-state index in [0.717, 1.165) is 35.6 Å². The van der Waals surface area contributed by atoms with E-state index in [1.165, 1.54) is 12.8 Å². The van der Waals surface area contributed by atoms with Crippen molar-refractivity contribution in [1.29, 1.82) is 0 Å². The minimum atomic E-state index is -0.315. The van der Waals surface area contributed by atoms with Crippen molar-refractivity contribution < 1.29 is 9.84 Å². The normalized spacial score (nSPS) is 17.2. The van der Waals surface area contributed by atoms with Gasteiger partial charge in [0.2, 0.25) is 0 Å². The van der Waals surface area contributed by atoms with Crippen LogP contribution >= 0.6 is 0 Å². The summed E-state index contributed by atoms with van der Waals surface area (Å²) in [4.78, 5) is 0. The van der Waals surface area contributed by atoms with E-state index in [-0.39, 0.29) is 6.10 Å². The molecule has 1 aromatic rings. The van der Waals surface area contributed by atoms with Gasteiger partial charge < -0.3 is 9.84 Å². The molecule has 0 heterocycles. The number of aliphatic hydroxyl groups excluding tert-OH is 1. The van der Waals surface area contributed by atoms with Gasteiger partial charge in [0.05, 0.1) is 13.2 Å². The van der Waals surface area contributed by atoms with Crippen molar-refractivity contribution in [2.45, 2.75) is 38.7 Å². The molecule has 1 aliphatic rings. The predicted octanol–water partition coefficient (Wildman–Crippen LogP) is 3.23. The second-order valence-electron chi connectivity index (χ2n) is 4.77. The average molecular weight is 220 g/mol. The Kier molecular flexibility index (Phi) is 3.49. The second-order valence-corrected chi connectivity index (χ2v) is 4.77. The van der Waals surface area contributed by atoms with Crippen LogP contribution in [0.1, 0.15) is 42.9 Å². The van der Waals surface area contributed by atoms with Gasteiger partial charge >= 0.3 is 0 Å². The fraction of sp³-hybridized carbons (Fsp3) is 0.571. The van der Waals surface area contributed by atoms with E-state index in [2.05, 4.69) is 0 Å². The Hall–Kier alpha value is -1.02. The number of rotatable bonds is 5. The third kappa shape index (κ3) is 2.76. The van der Waals surface area contributed by atoms with Gasteiger partial charge in [-0.1, -0.05) is 18.9 Å². The highest BCUT2D eigenvalue weighted by molar-refractivity contribution is 5.36. The number of methoxy groups -OCH3 is 1. The van der Waals surface area contributed by atoms with Crippen molar-refractivity contribution in [3.63, 3.8) is 0 Å². The number of hydrogen-bond donors (Lipinski definition) is 1. The molecular weight excluding hydrogens is 200 g/mol. The van der Waals surface area contributed by atoms with Crippen LogP contribution in [-0.2, 0) is 0 Å². The van der Waals surface area contributed by atoms with Crippen LogP contribution in [0.2, 0.25) is 0 Å². The van der Waals surface area contributed by atoms with Crippen molar-refractivity contribution in [2.75, 3.05) is 7.11 Å². The lowest BCUT2D eigenvalue weighted by atomic mass is 10.0. The maximum atomic E-state index is 10.0. The van der Waals surface area contributed by atoms with Gasteiger partial charge in [-0.3, -0.25) is 0 Å². The Bertz CT molecular complexity index is 356. The Morgan fingerprint density at radius 2 is 2.19 bits per heavy atom. The molecule has 0 saturated heterocycles. The summed E-state index contributed by atoms with van der Waals surface area (Å²) in [6.45, 7) is 2.01. The van der Waals surface area contributed by atoms with Gasteiger partial charge in [-0.15, -0.1) is 0 Å². The topological polar surface area (TPSA) is 29.5 Å². The quantitative estimate of drug-likeness (QED) is 0.825. The first-order valence-electron chi connectivity index (χ1n) is 6.03. The van der Waals surface area contributed by atoms with Gasteiger partial charge in [0.1, 0.15) is 5.75 Å². The highest BCUT2D eigenvalue weighted by Gasteiger charge is 2.22. The molecule has 1 fully saturated rings. The molecule has 1 saturated carbocycles. The summed E-state index contributed by atoms with van der Waals surface area (Å²) < 4.78 is 5.21. The second kappa shape index (κ2) is 4.88. The summed E-state index contributed by atoms with van der Waals surface area (Å²) in [5.74, 6) is 1.77. The van der Waals surface area contributed by atoms with Gasteiger partial charge in [0.15, 0.2) is 0 Å². The van der Waals surface area contributed by atoms with Gasteiger partial charge in [-0.05, 0) is 48.9 Å². The number of ether oxygens (including phenoxy) is 1. The third-order valence-electron chi connectivity index (χ3n) is 3.35. The summed E-state index contributed by atoms with van der Waals surface area (Å²) in [5, 5.41) is 10.0. The number of hydrogen-bond acceptors (Lipinski definition) is 2. The minimum absolute atomic E-state index is 0.315. The van der Waals surface area contributed by atoms with E-state index in [4.69, 9.17) is 4.74 Å². The van der Waals surface area contributed by atoms with Crippen LogP contribution < -0.4 is 4.74 Å². The van der Waals surface area contributed by atoms with Gasteiger partial charge in [-0.25, -0.2) is 0 Å². The van der Waals surface area contributed by atoms with E-state index in [9.17, 15) is 5.11 Å². The zero-order chi connectivity index (χ0) is 11.5. The maximum absolute atomic E-state index is 10.0. The molecule has 0 aliphatic heterocycles. The fourth-order valence-corrected chi connectivity index (χ4v) is 2.08. The van der Waals surface area contributed by atoms with Crippen molar-refractivity contribution in [3.8, 4) is 5.75 Å². The van der Waals surface area contributed by atoms with Crippen molar-refractivity contribution in [2.24, 2.45) is 5.92 Å². The summed E-state index contributed by atoms with van der Waals surface area (Å²) in [7, 11) is 1.67. The Morgan fingerprint density at radius 3 is 2.75 bits per heavy atom. The molecule has 1 unspecified atom stereocenters.